The number of carbonyl (C=O) groups excluding carboxylic acids is 1. The lowest BCUT2D eigenvalue weighted by Gasteiger charge is -2.33. The quantitative estimate of drug-likeness (QED) is 0.838. The number of hydrogen-bond acceptors (Lipinski definition) is 4. The first-order valence-corrected chi connectivity index (χ1v) is 9.05. The van der Waals surface area contributed by atoms with E-state index in [9.17, 15) is 4.79 Å². The van der Waals surface area contributed by atoms with Gasteiger partial charge in [-0.25, -0.2) is 0 Å². The van der Waals surface area contributed by atoms with E-state index >= 15 is 0 Å². The van der Waals surface area contributed by atoms with Gasteiger partial charge in [-0.1, -0.05) is 6.07 Å². The summed E-state index contributed by atoms with van der Waals surface area (Å²) < 4.78 is 0. The van der Waals surface area contributed by atoms with Crippen LogP contribution in [0.25, 0.3) is 0 Å². The maximum Gasteiger partial charge on any atom is 0.223 e. The molecule has 0 saturated carbocycles. The van der Waals surface area contributed by atoms with Gasteiger partial charge in [-0.15, -0.1) is 0 Å². The highest BCUT2D eigenvalue weighted by Crippen LogP contribution is 2.20. The highest BCUT2D eigenvalue weighted by molar-refractivity contribution is 5.76. The van der Waals surface area contributed by atoms with Crippen molar-refractivity contribution in [3.05, 3.63) is 48.0 Å². The zero-order valence-corrected chi connectivity index (χ0v) is 14.9. The van der Waals surface area contributed by atoms with Gasteiger partial charge < -0.3 is 9.80 Å². The van der Waals surface area contributed by atoms with E-state index in [0.717, 1.165) is 50.4 Å². The minimum Gasteiger partial charge on any atom is -0.342 e. The molecule has 1 atom stereocenters. The van der Waals surface area contributed by atoms with Gasteiger partial charge in [-0.05, 0) is 50.4 Å². The minimum atomic E-state index is 0.266. The van der Waals surface area contributed by atoms with Crippen LogP contribution in [0, 0.1) is 5.92 Å². The van der Waals surface area contributed by atoms with Crippen LogP contribution >= 0.6 is 0 Å². The van der Waals surface area contributed by atoms with E-state index < -0.39 is 0 Å². The number of aromatic nitrogens is 3. The van der Waals surface area contributed by atoms with E-state index in [0.29, 0.717) is 12.3 Å². The van der Waals surface area contributed by atoms with Crippen molar-refractivity contribution in [2.24, 2.45) is 5.92 Å². The van der Waals surface area contributed by atoms with Gasteiger partial charge >= 0.3 is 0 Å². The first-order valence-electron chi connectivity index (χ1n) is 9.05. The Bertz CT molecular complexity index is 643. The molecule has 1 N–H and O–H groups in total. The number of nitrogens with one attached hydrogen (secondary N) is 1. The summed E-state index contributed by atoms with van der Waals surface area (Å²) in [7, 11) is 2.04. The number of pyridine rings is 1. The van der Waals surface area contributed by atoms with Gasteiger partial charge in [-0.3, -0.25) is 14.9 Å². The first kappa shape index (κ1) is 17.6. The predicted octanol–water partition coefficient (Wildman–Crippen LogP) is 2.11. The average molecular weight is 341 g/mol. The summed E-state index contributed by atoms with van der Waals surface area (Å²) in [5.41, 5.74) is 2.20. The Morgan fingerprint density at radius 3 is 3.04 bits per heavy atom. The SMILES string of the molecule is CN(CCC(=O)N1CCC[C@H](Cc2ccn[nH]2)C1)Cc1ccccn1. The smallest absolute Gasteiger partial charge is 0.223 e. The van der Waals surface area contributed by atoms with Gasteiger partial charge in [0.15, 0.2) is 0 Å². The van der Waals surface area contributed by atoms with Crippen LogP contribution in [0.3, 0.4) is 0 Å². The maximum atomic E-state index is 12.6. The number of amides is 1. The van der Waals surface area contributed by atoms with E-state index in [4.69, 9.17) is 0 Å². The van der Waals surface area contributed by atoms with Gasteiger partial charge in [0, 0.05) is 50.7 Å². The van der Waals surface area contributed by atoms with Gasteiger partial charge in [0.05, 0.1) is 5.69 Å². The molecule has 2 aromatic rings. The van der Waals surface area contributed by atoms with Crippen molar-refractivity contribution in [1.82, 2.24) is 25.0 Å². The topological polar surface area (TPSA) is 65.1 Å². The molecule has 0 aliphatic carbocycles. The van der Waals surface area contributed by atoms with Crippen molar-refractivity contribution in [3.8, 4) is 0 Å². The second-order valence-electron chi connectivity index (χ2n) is 6.94. The molecule has 0 radical (unpaired) electrons. The second-order valence-corrected chi connectivity index (χ2v) is 6.94. The summed E-state index contributed by atoms with van der Waals surface area (Å²) in [6, 6.07) is 7.95. The van der Waals surface area contributed by atoms with Gasteiger partial charge in [0.1, 0.15) is 0 Å². The van der Waals surface area contributed by atoms with E-state index in [1.54, 1.807) is 6.20 Å². The van der Waals surface area contributed by atoms with E-state index in [2.05, 4.69) is 20.1 Å². The van der Waals surface area contributed by atoms with Crippen molar-refractivity contribution in [2.45, 2.75) is 32.2 Å². The predicted molar refractivity (Wildman–Crippen MR) is 96.8 cm³/mol. The highest BCUT2D eigenvalue weighted by Gasteiger charge is 2.24. The second kappa shape index (κ2) is 8.76. The molecule has 0 unspecified atom stereocenters. The van der Waals surface area contributed by atoms with Crippen LogP contribution in [-0.4, -0.2) is 57.6 Å². The number of nitrogens with zero attached hydrogens (tertiary/aromatic N) is 4. The van der Waals surface area contributed by atoms with Crippen LogP contribution in [0.2, 0.25) is 0 Å². The molecule has 0 bridgehead atoms. The Labute approximate surface area is 149 Å². The molecule has 1 amide bonds. The molecule has 1 saturated heterocycles. The number of aromatic amines is 1. The molecule has 2 aromatic heterocycles. The summed E-state index contributed by atoms with van der Waals surface area (Å²) in [6.07, 6.45) is 7.42. The van der Waals surface area contributed by atoms with Crippen molar-refractivity contribution < 1.29 is 4.79 Å². The Hall–Kier alpha value is -2.21. The normalized spacial score (nSPS) is 17.8. The van der Waals surface area contributed by atoms with Crippen molar-refractivity contribution >= 4 is 5.91 Å². The molecule has 25 heavy (non-hydrogen) atoms. The fraction of sp³-hybridized carbons (Fsp3) is 0.526. The molecule has 1 aliphatic heterocycles. The molecule has 3 rings (SSSR count). The van der Waals surface area contributed by atoms with E-state index in [1.165, 1.54) is 6.42 Å². The zero-order chi connectivity index (χ0) is 17.5. The van der Waals surface area contributed by atoms with E-state index in [1.807, 2.05) is 42.4 Å². The maximum absolute atomic E-state index is 12.6. The minimum absolute atomic E-state index is 0.266. The van der Waals surface area contributed by atoms with Crippen LogP contribution in [0.1, 0.15) is 30.7 Å². The lowest BCUT2D eigenvalue weighted by atomic mass is 9.93. The lowest BCUT2D eigenvalue weighted by Crippen LogP contribution is -2.41. The summed E-state index contributed by atoms with van der Waals surface area (Å²) in [4.78, 5) is 21.1. The molecule has 6 heteroatoms. The molecule has 6 nitrogen and oxygen atoms in total. The molecule has 134 valence electrons. The molecular weight excluding hydrogens is 314 g/mol. The standard InChI is InChI=1S/C19H27N5O/c1-23(15-18-6-2-3-9-20-18)12-8-19(25)24-11-4-5-16(14-24)13-17-7-10-21-22-17/h2-3,6-7,9-10,16H,4-5,8,11-15H2,1H3,(H,21,22)/t16-/m1/s1. The molecule has 0 aromatic carbocycles. The fourth-order valence-electron chi connectivity index (χ4n) is 3.46. The number of H-pyrrole nitrogens is 1. The molecule has 1 aliphatic rings. The number of rotatable bonds is 7. The number of carbonyl (C=O) groups is 1. The third-order valence-corrected chi connectivity index (χ3v) is 4.80. The highest BCUT2D eigenvalue weighted by atomic mass is 16.2. The van der Waals surface area contributed by atoms with Gasteiger partial charge in [0.2, 0.25) is 5.91 Å². The number of hydrogen-bond donors (Lipinski definition) is 1. The number of likely N-dealkylation sites (tertiary alicyclic amines) is 1. The van der Waals surface area contributed by atoms with Crippen LogP contribution in [0.4, 0.5) is 0 Å². The van der Waals surface area contributed by atoms with Crippen molar-refractivity contribution in [3.63, 3.8) is 0 Å². The zero-order valence-electron chi connectivity index (χ0n) is 14.9. The fourth-order valence-corrected chi connectivity index (χ4v) is 3.46. The van der Waals surface area contributed by atoms with Crippen molar-refractivity contribution in [1.29, 1.82) is 0 Å². The Morgan fingerprint density at radius 2 is 2.28 bits per heavy atom. The average Bonchev–Trinajstić information content (AvgIpc) is 3.14. The third-order valence-electron chi connectivity index (χ3n) is 4.80. The third kappa shape index (κ3) is 5.39. The molecule has 1 fully saturated rings. The van der Waals surface area contributed by atoms with Crippen LogP contribution < -0.4 is 0 Å². The Morgan fingerprint density at radius 1 is 1.36 bits per heavy atom. The molecular formula is C19H27N5O. The summed E-state index contributed by atoms with van der Waals surface area (Å²) in [6.45, 7) is 3.29. The van der Waals surface area contributed by atoms with E-state index in [-0.39, 0.29) is 5.91 Å². The van der Waals surface area contributed by atoms with Crippen LogP contribution in [0.15, 0.2) is 36.7 Å². The first-order chi connectivity index (χ1) is 12.2. The van der Waals surface area contributed by atoms with Gasteiger partial charge in [0.25, 0.3) is 0 Å². The summed E-state index contributed by atoms with van der Waals surface area (Å²) >= 11 is 0. The van der Waals surface area contributed by atoms with Crippen molar-refractivity contribution in [2.75, 3.05) is 26.7 Å². The van der Waals surface area contributed by atoms with Crippen LogP contribution in [0.5, 0.6) is 0 Å². The molecule has 3 heterocycles. The monoisotopic (exact) mass is 341 g/mol. The summed E-state index contributed by atoms with van der Waals surface area (Å²) in [5.74, 6) is 0.798. The largest absolute Gasteiger partial charge is 0.342 e. The summed E-state index contributed by atoms with van der Waals surface area (Å²) in [5, 5.41) is 7.03. The molecule has 0 spiro atoms. The van der Waals surface area contributed by atoms with Crippen LogP contribution in [-0.2, 0) is 17.8 Å². The van der Waals surface area contributed by atoms with Gasteiger partial charge in [-0.2, -0.15) is 5.10 Å². The Balaban J connectivity index is 1.42. The Kier molecular flexibility index (Phi) is 6.17. The lowest BCUT2D eigenvalue weighted by molar-refractivity contribution is -0.133. The number of piperidine rings is 1.